The second-order valence-corrected chi connectivity index (χ2v) is 8.45. The Balaban J connectivity index is 1.99. The lowest BCUT2D eigenvalue weighted by atomic mass is 9.88. The van der Waals surface area contributed by atoms with Crippen molar-refractivity contribution >= 4 is 11.8 Å². The first-order valence-corrected chi connectivity index (χ1v) is 8.23. The van der Waals surface area contributed by atoms with E-state index in [0.717, 1.165) is 12.8 Å². The molecule has 2 saturated carbocycles. The van der Waals surface area contributed by atoms with E-state index in [1.54, 1.807) is 0 Å². The standard InChI is InChI=1S/C17H28N2O2/c1-7-11-12(20)18-17(6,10-8-9-10)14(21)19(11)13-15(2,3)16(13,4)5/h10-11,13H,7-9H2,1-6H3,(H,18,20). The van der Waals surface area contributed by atoms with Gasteiger partial charge in [0.1, 0.15) is 11.6 Å². The van der Waals surface area contributed by atoms with Crippen molar-refractivity contribution in [3.05, 3.63) is 0 Å². The Morgan fingerprint density at radius 1 is 1.10 bits per heavy atom. The van der Waals surface area contributed by atoms with Crippen LogP contribution in [0, 0.1) is 16.7 Å². The van der Waals surface area contributed by atoms with Gasteiger partial charge in [-0.3, -0.25) is 9.59 Å². The fraction of sp³-hybridized carbons (Fsp3) is 0.882. The molecule has 2 unspecified atom stereocenters. The van der Waals surface area contributed by atoms with Crippen LogP contribution < -0.4 is 5.32 Å². The van der Waals surface area contributed by atoms with Gasteiger partial charge in [0.25, 0.3) is 0 Å². The van der Waals surface area contributed by atoms with Gasteiger partial charge in [0.2, 0.25) is 11.8 Å². The molecule has 3 aliphatic rings. The van der Waals surface area contributed by atoms with Crippen molar-refractivity contribution in [2.45, 2.75) is 78.4 Å². The molecule has 0 aromatic heterocycles. The van der Waals surface area contributed by atoms with E-state index in [9.17, 15) is 9.59 Å². The van der Waals surface area contributed by atoms with Crippen molar-refractivity contribution in [1.82, 2.24) is 10.2 Å². The highest BCUT2D eigenvalue weighted by Crippen LogP contribution is 2.66. The zero-order chi connectivity index (χ0) is 15.8. The predicted octanol–water partition coefficient (Wildman–Crippen LogP) is 2.33. The predicted molar refractivity (Wildman–Crippen MR) is 81.5 cm³/mol. The molecule has 0 spiro atoms. The number of nitrogens with zero attached hydrogens (tertiary/aromatic N) is 1. The average Bonchev–Trinajstić information content (AvgIpc) is 3.24. The maximum Gasteiger partial charge on any atom is 0.249 e. The smallest absolute Gasteiger partial charge is 0.249 e. The summed E-state index contributed by atoms with van der Waals surface area (Å²) in [5, 5.41) is 3.04. The molecule has 0 aromatic carbocycles. The molecule has 1 N–H and O–H groups in total. The Morgan fingerprint density at radius 3 is 2.00 bits per heavy atom. The molecule has 4 heteroatoms. The Labute approximate surface area is 127 Å². The number of hydrogen-bond donors (Lipinski definition) is 1. The van der Waals surface area contributed by atoms with Crippen molar-refractivity contribution in [3.63, 3.8) is 0 Å². The lowest BCUT2D eigenvalue weighted by molar-refractivity contribution is -0.157. The summed E-state index contributed by atoms with van der Waals surface area (Å²) < 4.78 is 0. The topological polar surface area (TPSA) is 49.4 Å². The van der Waals surface area contributed by atoms with Gasteiger partial charge in [0, 0.05) is 6.04 Å². The van der Waals surface area contributed by atoms with E-state index in [-0.39, 0.29) is 34.7 Å². The van der Waals surface area contributed by atoms with Crippen molar-refractivity contribution in [1.29, 1.82) is 0 Å². The second-order valence-electron chi connectivity index (χ2n) is 8.45. The van der Waals surface area contributed by atoms with Gasteiger partial charge in [-0.05, 0) is 42.9 Å². The lowest BCUT2D eigenvalue weighted by Gasteiger charge is -2.45. The molecular weight excluding hydrogens is 264 g/mol. The third-order valence-electron chi connectivity index (χ3n) is 6.70. The summed E-state index contributed by atoms with van der Waals surface area (Å²) in [7, 11) is 0. The van der Waals surface area contributed by atoms with Crippen LogP contribution in [0.5, 0.6) is 0 Å². The van der Waals surface area contributed by atoms with Gasteiger partial charge in [-0.15, -0.1) is 0 Å². The number of rotatable bonds is 3. The van der Waals surface area contributed by atoms with Crippen molar-refractivity contribution in [3.8, 4) is 0 Å². The maximum absolute atomic E-state index is 13.2. The van der Waals surface area contributed by atoms with Gasteiger partial charge in [-0.1, -0.05) is 34.6 Å². The molecular formula is C17H28N2O2. The molecule has 1 aliphatic heterocycles. The van der Waals surface area contributed by atoms with Crippen LogP contribution in [0.25, 0.3) is 0 Å². The van der Waals surface area contributed by atoms with Crippen LogP contribution in [-0.4, -0.2) is 34.3 Å². The van der Waals surface area contributed by atoms with Crippen LogP contribution >= 0.6 is 0 Å². The first-order chi connectivity index (χ1) is 9.59. The van der Waals surface area contributed by atoms with Crippen LogP contribution in [0.4, 0.5) is 0 Å². The van der Waals surface area contributed by atoms with Crippen molar-refractivity contribution in [2.24, 2.45) is 16.7 Å². The first kappa shape index (κ1) is 14.9. The lowest BCUT2D eigenvalue weighted by Crippen LogP contribution is -2.71. The second kappa shape index (κ2) is 4.02. The van der Waals surface area contributed by atoms with Crippen LogP contribution in [0.1, 0.15) is 60.8 Å². The van der Waals surface area contributed by atoms with E-state index in [1.807, 2.05) is 18.7 Å². The molecule has 0 radical (unpaired) electrons. The first-order valence-electron chi connectivity index (χ1n) is 8.23. The van der Waals surface area contributed by atoms with Gasteiger partial charge < -0.3 is 10.2 Å². The van der Waals surface area contributed by atoms with E-state index >= 15 is 0 Å². The van der Waals surface area contributed by atoms with E-state index in [4.69, 9.17) is 0 Å². The van der Waals surface area contributed by atoms with E-state index < -0.39 is 5.54 Å². The number of piperazine rings is 1. The highest BCUT2D eigenvalue weighted by Gasteiger charge is 2.71. The van der Waals surface area contributed by atoms with Gasteiger partial charge in [0.15, 0.2) is 0 Å². The molecule has 3 rings (SSSR count). The average molecular weight is 292 g/mol. The molecule has 0 aromatic rings. The molecule has 1 saturated heterocycles. The molecule has 2 atom stereocenters. The van der Waals surface area contributed by atoms with E-state index in [0.29, 0.717) is 12.3 Å². The molecule has 2 aliphatic carbocycles. The van der Waals surface area contributed by atoms with Gasteiger partial charge >= 0.3 is 0 Å². The Morgan fingerprint density at radius 2 is 1.62 bits per heavy atom. The van der Waals surface area contributed by atoms with E-state index in [1.165, 1.54) is 0 Å². The summed E-state index contributed by atoms with van der Waals surface area (Å²) in [5.74, 6) is 0.490. The van der Waals surface area contributed by atoms with Gasteiger partial charge in [-0.2, -0.15) is 0 Å². The fourth-order valence-electron chi connectivity index (χ4n) is 4.40. The van der Waals surface area contributed by atoms with Crippen molar-refractivity contribution < 1.29 is 9.59 Å². The van der Waals surface area contributed by atoms with Crippen LogP contribution in [0.2, 0.25) is 0 Å². The molecule has 4 nitrogen and oxygen atoms in total. The molecule has 3 fully saturated rings. The van der Waals surface area contributed by atoms with Crippen LogP contribution in [0.15, 0.2) is 0 Å². The zero-order valence-electron chi connectivity index (χ0n) is 14.1. The summed E-state index contributed by atoms with van der Waals surface area (Å²) in [4.78, 5) is 27.7. The number of nitrogens with one attached hydrogen (secondary N) is 1. The summed E-state index contributed by atoms with van der Waals surface area (Å²) in [6, 6.07) is -0.151. The maximum atomic E-state index is 13.2. The quantitative estimate of drug-likeness (QED) is 0.868. The number of hydrogen-bond acceptors (Lipinski definition) is 2. The Kier molecular flexibility index (Phi) is 2.84. The minimum absolute atomic E-state index is 0.0324. The number of carbonyl (C=O) groups excluding carboxylic acids is 2. The molecule has 2 amide bonds. The third-order valence-corrected chi connectivity index (χ3v) is 6.70. The van der Waals surface area contributed by atoms with Gasteiger partial charge in [-0.25, -0.2) is 0 Å². The van der Waals surface area contributed by atoms with E-state index in [2.05, 4.69) is 33.0 Å². The minimum Gasteiger partial charge on any atom is -0.340 e. The summed E-state index contributed by atoms with van der Waals surface area (Å²) in [6.45, 7) is 12.7. The van der Waals surface area contributed by atoms with Gasteiger partial charge in [0.05, 0.1) is 0 Å². The highest BCUT2D eigenvalue weighted by atomic mass is 16.2. The zero-order valence-corrected chi connectivity index (χ0v) is 14.1. The third kappa shape index (κ3) is 1.74. The number of amides is 2. The molecule has 0 bridgehead atoms. The van der Waals surface area contributed by atoms with Crippen LogP contribution in [-0.2, 0) is 9.59 Å². The monoisotopic (exact) mass is 292 g/mol. The summed E-state index contributed by atoms with van der Waals surface area (Å²) >= 11 is 0. The van der Waals surface area contributed by atoms with Crippen LogP contribution in [0.3, 0.4) is 0 Å². The molecule has 21 heavy (non-hydrogen) atoms. The Hall–Kier alpha value is -1.06. The summed E-state index contributed by atoms with van der Waals surface area (Å²) in [5.41, 5.74) is -0.548. The molecule has 118 valence electrons. The largest absolute Gasteiger partial charge is 0.340 e. The SMILES string of the molecule is CCC1C(=O)NC(C)(C2CC2)C(=O)N1C1C(C)(C)C1(C)C. The molecule has 1 heterocycles. The Bertz CT molecular complexity index is 493. The highest BCUT2D eigenvalue weighted by molar-refractivity contribution is 6.00. The summed E-state index contributed by atoms with van der Waals surface area (Å²) in [6.07, 6.45) is 2.77. The van der Waals surface area contributed by atoms with Crippen molar-refractivity contribution in [2.75, 3.05) is 0 Å². The number of carbonyl (C=O) groups is 2. The minimum atomic E-state index is -0.683. The fourth-order valence-corrected chi connectivity index (χ4v) is 4.40. The normalized spacial score (nSPS) is 38.4.